The SMILES string of the molecule is Cc1ccc(C(=O)NCC(C)(C)CBr)c(C)n1. The molecule has 4 heteroatoms. The van der Waals surface area contributed by atoms with Crippen molar-refractivity contribution < 1.29 is 4.79 Å². The summed E-state index contributed by atoms with van der Waals surface area (Å²) in [5.74, 6) is -0.0518. The molecular formula is C13H19BrN2O. The van der Waals surface area contributed by atoms with E-state index in [1.54, 1.807) is 0 Å². The van der Waals surface area contributed by atoms with Crippen molar-refractivity contribution in [3.8, 4) is 0 Å². The predicted octanol–water partition coefficient (Wildman–Crippen LogP) is 2.85. The highest BCUT2D eigenvalue weighted by Crippen LogP contribution is 2.16. The van der Waals surface area contributed by atoms with Crippen LogP contribution < -0.4 is 5.32 Å². The van der Waals surface area contributed by atoms with Crippen LogP contribution >= 0.6 is 15.9 Å². The Morgan fingerprint density at radius 2 is 2.06 bits per heavy atom. The van der Waals surface area contributed by atoms with Crippen LogP contribution in [0.5, 0.6) is 0 Å². The van der Waals surface area contributed by atoms with Gasteiger partial charge in [0.2, 0.25) is 0 Å². The highest BCUT2D eigenvalue weighted by atomic mass is 79.9. The third kappa shape index (κ3) is 4.11. The summed E-state index contributed by atoms with van der Waals surface area (Å²) in [6, 6.07) is 3.69. The predicted molar refractivity (Wildman–Crippen MR) is 73.6 cm³/mol. The van der Waals surface area contributed by atoms with Crippen molar-refractivity contribution in [1.29, 1.82) is 0 Å². The van der Waals surface area contributed by atoms with E-state index >= 15 is 0 Å². The minimum Gasteiger partial charge on any atom is -0.351 e. The van der Waals surface area contributed by atoms with E-state index in [4.69, 9.17) is 0 Å². The fraction of sp³-hybridized carbons (Fsp3) is 0.538. The van der Waals surface area contributed by atoms with Crippen LogP contribution in [0.3, 0.4) is 0 Å². The smallest absolute Gasteiger partial charge is 0.253 e. The maximum atomic E-state index is 12.0. The Balaban J connectivity index is 2.71. The average Bonchev–Trinajstić information content (AvgIpc) is 2.26. The van der Waals surface area contributed by atoms with Crippen LogP contribution in [0.15, 0.2) is 12.1 Å². The highest BCUT2D eigenvalue weighted by molar-refractivity contribution is 9.09. The lowest BCUT2D eigenvalue weighted by atomic mass is 9.96. The second-order valence-electron chi connectivity index (χ2n) is 5.07. The Morgan fingerprint density at radius 1 is 1.41 bits per heavy atom. The molecule has 1 amide bonds. The van der Waals surface area contributed by atoms with E-state index in [1.165, 1.54) is 0 Å². The number of nitrogens with zero attached hydrogens (tertiary/aromatic N) is 1. The maximum Gasteiger partial charge on any atom is 0.253 e. The number of rotatable bonds is 4. The largest absolute Gasteiger partial charge is 0.351 e. The minimum absolute atomic E-state index is 0.0518. The quantitative estimate of drug-likeness (QED) is 0.869. The molecule has 0 aromatic carbocycles. The zero-order valence-corrected chi connectivity index (χ0v) is 12.4. The van der Waals surface area contributed by atoms with Gasteiger partial charge in [0.15, 0.2) is 0 Å². The van der Waals surface area contributed by atoms with Crippen LogP contribution in [0.1, 0.15) is 35.6 Å². The van der Waals surface area contributed by atoms with E-state index in [2.05, 4.69) is 40.1 Å². The zero-order chi connectivity index (χ0) is 13.1. The Bertz CT molecular complexity index is 416. The summed E-state index contributed by atoms with van der Waals surface area (Å²) < 4.78 is 0. The Morgan fingerprint density at radius 3 is 2.59 bits per heavy atom. The van der Waals surface area contributed by atoms with E-state index in [9.17, 15) is 4.79 Å². The number of carbonyl (C=O) groups excluding carboxylic acids is 1. The van der Waals surface area contributed by atoms with Crippen molar-refractivity contribution in [3.63, 3.8) is 0 Å². The number of aromatic nitrogens is 1. The minimum atomic E-state index is -0.0518. The molecule has 0 aliphatic carbocycles. The third-order valence-corrected chi connectivity index (χ3v) is 4.08. The molecule has 0 unspecified atom stereocenters. The van der Waals surface area contributed by atoms with E-state index in [0.29, 0.717) is 12.1 Å². The Kier molecular flexibility index (Phi) is 4.69. The number of hydrogen-bond donors (Lipinski definition) is 1. The molecule has 0 fully saturated rings. The molecule has 0 bridgehead atoms. The number of pyridine rings is 1. The molecule has 1 aromatic heterocycles. The molecule has 1 aromatic rings. The van der Waals surface area contributed by atoms with Gasteiger partial charge in [-0.3, -0.25) is 9.78 Å². The lowest BCUT2D eigenvalue weighted by molar-refractivity contribution is 0.0939. The maximum absolute atomic E-state index is 12.0. The van der Waals surface area contributed by atoms with Gasteiger partial charge in [-0.15, -0.1) is 0 Å². The van der Waals surface area contributed by atoms with Gasteiger partial charge in [-0.1, -0.05) is 29.8 Å². The monoisotopic (exact) mass is 298 g/mol. The lowest BCUT2D eigenvalue weighted by Gasteiger charge is -2.22. The first kappa shape index (κ1) is 14.2. The number of carbonyl (C=O) groups is 1. The lowest BCUT2D eigenvalue weighted by Crippen LogP contribution is -2.35. The fourth-order valence-corrected chi connectivity index (χ4v) is 1.59. The highest BCUT2D eigenvalue weighted by Gasteiger charge is 2.18. The molecule has 0 aliphatic rings. The second-order valence-corrected chi connectivity index (χ2v) is 5.63. The molecule has 3 nitrogen and oxygen atoms in total. The molecule has 0 spiro atoms. The van der Waals surface area contributed by atoms with Crippen LogP contribution in [0.4, 0.5) is 0 Å². The second kappa shape index (κ2) is 5.63. The molecule has 94 valence electrons. The van der Waals surface area contributed by atoms with Gasteiger partial charge in [0.1, 0.15) is 0 Å². The van der Waals surface area contributed by atoms with Gasteiger partial charge in [-0.2, -0.15) is 0 Å². The summed E-state index contributed by atoms with van der Waals surface area (Å²) >= 11 is 3.44. The van der Waals surface area contributed by atoms with Crippen molar-refractivity contribution in [3.05, 3.63) is 29.1 Å². The number of alkyl halides is 1. The van der Waals surface area contributed by atoms with Gasteiger partial charge in [-0.05, 0) is 31.4 Å². The average molecular weight is 299 g/mol. The fourth-order valence-electron chi connectivity index (χ4n) is 1.39. The first-order valence-corrected chi connectivity index (χ1v) is 6.76. The van der Waals surface area contributed by atoms with E-state index in [1.807, 2.05) is 26.0 Å². The van der Waals surface area contributed by atoms with Crippen molar-refractivity contribution in [2.75, 3.05) is 11.9 Å². The number of hydrogen-bond acceptors (Lipinski definition) is 2. The number of aryl methyl sites for hydroxylation is 2. The molecule has 0 aliphatic heterocycles. The van der Waals surface area contributed by atoms with Crippen molar-refractivity contribution in [2.45, 2.75) is 27.7 Å². The van der Waals surface area contributed by atoms with Crippen LogP contribution in [0.2, 0.25) is 0 Å². The van der Waals surface area contributed by atoms with Gasteiger partial charge in [0, 0.05) is 17.6 Å². The summed E-state index contributed by atoms with van der Waals surface area (Å²) in [5, 5.41) is 3.79. The molecule has 0 saturated carbocycles. The number of nitrogens with one attached hydrogen (secondary N) is 1. The molecule has 1 rings (SSSR count). The van der Waals surface area contributed by atoms with Crippen LogP contribution in [0, 0.1) is 19.3 Å². The molecule has 0 atom stereocenters. The van der Waals surface area contributed by atoms with E-state index in [0.717, 1.165) is 16.7 Å². The molecule has 0 radical (unpaired) electrons. The van der Waals surface area contributed by atoms with Crippen LogP contribution in [-0.4, -0.2) is 22.8 Å². The Labute approximate surface area is 111 Å². The molecule has 0 saturated heterocycles. The van der Waals surface area contributed by atoms with Gasteiger partial charge in [0.05, 0.1) is 11.3 Å². The number of halogens is 1. The molecular weight excluding hydrogens is 280 g/mol. The summed E-state index contributed by atoms with van der Waals surface area (Å²) in [5.41, 5.74) is 2.42. The molecule has 1 heterocycles. The van der Waals surface area contributed by atoms with Gasteiger partial charge < -0.3 is 5.32 Å². The summed E-state index contributed by atoms with van der Waals surface area (Å²) in [6.07, 6.45) is 0. The van der Waals surface area contributed by atoms with E-state index < -0.39 is 0 Å². The number of amides is 1. The zero-order valence-electron chi connectivity index (χ0n) is 10.8. The molecule has 17 heavy (non-hydrogen) atoms. The van der Waals surface area contributed by atoms with Crippen molar-refractivity contribution in [1.82, 2.24) is 10.3 Å². The standard InChI is InChI=1S/C13H19BrN2O/c1-9-5-6-11(10(2)16-9)12(17)15-8-13(3,4)7-14/h5-6H,7-8H2,1-4H3,(H,15,17). The van der Waals surface area contributed by atoms with Gasteiger partial charge >= 0.3 is 0 Å². The van der Waals surface area contributed by atoms with Crippen LogP contribution in [0.25, 0.3) is 0 Å². The van der Waals surface area contributed by atoms with Crippen molar-refractivity contribution >= 4 is 21.8 Å². The van der Waals surface area contributed by atoms with E-state index in [-0.39, 0.29) is 11.3 Å². The van der Waals surface area contributed by atoms with Crippen LogP contribution in [-0.2, 0) is 0 Å². The van der Waals surface area contributed by atoms with Gasteiger partial charge in [0.25, 0.3) is 5.91 Å². The topological polar surface area (TPSA) is 42.0 Å². The summed E-state index contributed by atoms with van der Waals surface area (Å²) in [6.45, 7) is 8.62. The third-order valence-electron chi connectivity index (χ3n) is 2.56. The summed E-state index contributed by atoms with van der Waals surface area (Å²) in [7, 11) is 0. The first-order valence-electron chi connectivity index (χ1n) is 5.64. The summed E-state index contributed by atoms with van der Waals surface area (Å²) in [4.78, 5) is 16.3. The normalized spacial score (nSPS) is 11.4. The molecule has 1 N–H and O–H groups in total. The van der Waals surface area contributed by atoms with Crippen molar-refractivity contribution in [2.24, 2.45) is 5.41 Å². The first-order chi connectivity index (χ1) is 7.85. The Hall–Kier alpha value is -0.900. The van der Waals surface area contributed by atoms with Gasteiger partial charge in [-0.25, -0.2) is 0 Å².